The van der Waals surface area contributed by atoms with E-state index in [2.05, 4.69) is 50.4 Å². The van der Waals surface area contributed by atoms with Gasteiger partial charge in [0.1, 0.15) is 0 Å². The van der Waals surface area contributed by atoms with Gasteiger partial charge in [-0.15, -0.1) is 0 Å². The van der Waals surface area contributed by atoms with Gasteiger partial charge < -0.3 is 10.4 Å². The first-order valence-electron chi connectivity index (χ1n) is 7.42. The summed E-state index contributed by atoms with van der Waals surface area (Å²) >= 11 is 0. The molecule has 2 heteroatoms. The second-order valence-electron chi connectivity index (χ2n) is 6.27. The maximum atomic E-state index is 10.3. The summed E-state index contributed by atoms with van der Waals surface area (Å²) in [6.45, 7) is 9.08. The molecule has 0 aliphatic carbocycles. The van der Waals surface area contributed by atoms with Crippen LogP contribution < -0.4 is 5.32 Å². The highest BCUT2D eigenvalue weighted by Crippen LogP contribution is 2.16. The third kappa shape index (κ3) is 6.74. The number of hydrogen-bond acceptors (Lipinski definition) is 2. The predicted molar refractivity (Wildman–Crippen MR) is 82.3 cm³/mol. The molecule has 19 heavy (non-hydrogen) atoms. The second kappa shape index (κ2) is 7.66. The molecule has 0 saturated heterocycles. The van der Waals surface area contributed by atoms with Crippen LogP contribution in [0, 0.1) is 5.92 Å². The van der Waals surface area contributed by atoms with Gasteiger partial charge in [-0.2, -0.15) is 0 Å². The zero-order valence-electron chi connectivity index (χ0n) is 12.8. The average Bonchev–Trinajstić information content (AvgIpc) is 2.34. The van der Waals surface area contributed by atoms with Gasteiger partial charge in [0.25, 0.3) is 0 Å². The van der Waals surface area contributed by atoms with Crippen molar-refractivity contribution in [3.63, 3.8) is 0 Å². The first-order valence-corrected chi connectivity index (χ1v) is 7.42. The van der Waals surface area contributed by atoms with E-state index in [4.69, 9.17) is 0 Å². The van der Waals surface area contributed by atoms with Crippen LogP contribution in [0.15, 0.2) is 30.3 Å². The van der Waals surface area contributed by atoms with Crippen molar-refractivity contribution < 1.29 is 5.11 Å². The summed E-state index contributed by atoms with van der Waals surface area (Å²) in [6.07, 6.45) is 2.93. The summed E-state index contributed by atoms with van der Waals surface area (Å²) in [6, 6.07) is 11.0. The Hall–Kier alpha value is -0.860. The molecule has 1 aromatic carbocycles. The lowest BCUT2D eigenvalue weighted by Crippen LogP contribution is -2.43. The molecular weight excluding hydrogens is 234 g/mol. The lowest BCUT2D eigenvalue weighted by atomic mass is 9.93. The highest BCUT2D eigenvalue weighted by molar-refractivity contribution is 5.15. The van der Waals surface area contributed by atoms with E-state index in [0.29, 0.717) is 18.5 Å². The van der Waals surface area contributed by atoms with Gasteiger partial charge in [-0.1, -0.05) is 51.1 Å². The third-order valence-corrected chi connectivity index (χ3v) is 3.44. The molecule has 0 aliphatic rings. The second-order valence-corrected chi connectivity index (χ2v) is 6.27. The molecule has 0 saturated carbocycles. The summed E-state index contributed by atoms with van der Waals surface area (Å²) < 4.78 is 0. The van der Waals surface area contributed by atoms with Gasteiger partial charge >= 0.3 is 0 Å². The number of aliphatic hydroxyl groups is 1. The van der Waals surface area contributed by atoms with Gasteiger partial charge in [0, 0.05) is 12.6 Å². The highest BCUT2D eigenvalue weighted by Gasteiger charge is 2.22. The van der Waals surface area contributed by atoms with Crippen LogP contribution in [0.4, 0.5) is 0 Å². The third-order valence-electron chi connectivity index (χ3n) is 3.44. The van der Waals surface area contributed by atoms with Gasteiger partial charge in [0.2, 0.25) is 0 Å². The molecule has 2 atom stereocenters. The van der Waals surface area contributed by atoms with Crippen molar-refractivity contribution in [2.75, 3.05) is 6.54 Å². The van der Waals surface area contributed by atoms with Crippen molar-refractivity contribution in [2.24, 2.45) is 5.92 Å². The normalized spacial score (nSPS) is 16.3. The minimum atomic E-state index is -0.613. The van der Waals surface area contributed by atoms with E-state index in [1.807, 2.05) is 13.0 Å². The summed E-state index contributed by atoms with van der Waals surface area (Å²) in [5.74, 6) is 0.519. The summed E-state index contributed by atoms with van der Waals surface area (Å²) in [5.41, 5.74) is 0.739. The van der Waals surface area contributed by atoms with Crippen molar-refractivity contribution in [3.05, 3.63) is 35.9 Å². The van der Waals surface area contributed by atoms with Crippen LogP contribution >= 0.6 is 0 Å². The SMILES string of the molecule is CCC(Cc1ccccc1)NCC(C)(O)CC(C)C. The molecule has 2 unspecified atom stereocenters. The Morgan fingerprint density at radius 2 is 1.84 bits per heavy atom. The van der Waals surface area contributed by atoms with E-state index in [1.54, 1.807) is 0 Å². The Bertz CT molecular complexity index is 346. The maximum Gasteiger partial charge on any atom is 0.0746 e. The molecule has 1 aromatic rings. The van der Waals surface area contributed by atoms with E-state index in [1.165, 1.54) is 5.56 Å². The van der Waals surface area contributed by atoms with Crippen LogP contribution in [-0.4, -0.2) is 23.3 Å². The number of nitrogens with one attached hydrogen (secondary N) is 1. The lowest BCUT2D eigenvalue weighted by molar-refractivity contribution is 0.0357. The molecular formula is C17H29NO. The fourth-order valence-electron chi connectivity index (χ4n) is 2.58. The largest absolute Gasteiger partial charge is 0.389 e. The van der Waals surface area contributed by atoms with Crippen molar-refractivity contribution >= 4 is 0 Å². The Morgan fingerprint density at radius 1 is 1.21 bits per heavy atom. The van der Waals surface area contributed by atoms with Crippen molar-refractivity contribution in [2.45, 2.75) is 58.6 Å². The van der Waals surface area contributed by atoms with Crippen LogP contribution in [0.25, 0.3) is 0 Å². The molecule has 1 rings (SSSR count). The molecule has 0 fully saturated rings. The topological polar surface area (TPSA) is 32.3 Å². The summed E-state index contributed by atoms with van der Waals surface area (Å²) in [4.78, 5) is 0. The lowest BCUT2D eigenvalue weighted by Gasteiger charge is -2.28. The van der Waals surface area contributed by atoms with Gasteiger partial charge in [0.05, 0.1) is 5.60 Å². The highest BCUT2D eigenvalue weighted by atomic mass is 16.3. The van der Waals surface area contributed by atoms with E-state index in [9.17, 15) is 5.11 Å². The van der Waals surface area contributed by atoms with Gasteiger partial charge in [-0.25, -0.2) is 0 Å². The van der Waals surface area contributed by atoms with Gasteiger partial charge in [-0.3, -0.25) is 0 Å². The zero-order valence-corrected chi connectivity index (χ0v) is 12.8. The first-order chi connectivity index (χ1) is 8.93. The molecule has 0 bridgehead atoms. The molecule has 0 spiro atoms. The Balaban J connectivity index is 2.45. The van der Waals surface area contributed by atoms with Crippen LogP contribution in [0.1, 0.15) is 46.1 Å². The molecule has 2 N–H and O–H groups in total. The standard InChI is InChI=1S/C17H29NO/c1-5-16(11-15-9-7-6-8-10-15)18-13-17(4,19)12-14(2)3/h6-10,14,16,18-19H,5,11-13H2,1-4H3. The van der Waals surface area contributed by atoms with Crippen molar-refractivity contribution in [3.8, 4) is 0 Å². The van der Waals surface area contributed by atoms with E-state index >= 15 is 0 Å². The van der Waals surface area contributed by atoms with Gasteiger partial charge in [-0.05, 0) is 37.7 Å². The molecule has 0 amide bonds. The van der Waals surface area contributed by atoms with Gasteiger partial charge in [0.15, 0.2) is 0 Å². The maximum absolute atomic E-state index is 10.3. The smallest absolute Gasteiger partial charge is 0.0746 e. The summed E-state index contributed by atoms with van der Waals surface area (Å²) in [7, 11) is 0. The average molecular weight is 263 g/mol. The Morgan fingerprint density at radius 3 is 2.37 bits per heavy atom. The molecule has 0 heterocycles. The fraction of sp³-hybridized carbons (Fsp3) is 0.647. The monoisotopic (exact) mass is 263 g/mol. The molecule has 2 nitrogen and oxygen atoms in total. The fourth-order valence-corrected chi connectivity index (χ4v) is 2.58. The van der Waals surface area contributed by atoms with Crippen LogP contribution in [0.3, 0.4) is 0 Å². The van der Waals surface area contributed by atoms with Crippen molar-refractivity contribution in [1.82, 2.24) is 5.32 Å². The Labute approximate surface area is 118 Å². The molecule has 0 radical (unpaired) electrons. The Kier molecular flexibility index (Phi) is 6.53. The van der Waals surface area contributed by atoms with E-state index in [0.717, 1.165) is 19.3 Å². The minimum absolute atomic E-state index is 0.432. The van der Waals surface area contributed by atoms with Crippen molar-refractivity contribution in [1.29, 1.82) is 0 Å². The minimum Gasteiger partial charge on any atom is -0.389 e. The van der Waals surface area contributed by atoms with Crippen LogP contribution in [-0.2, 0) is 6.42 Å². The van der Waals surface area contributed by atoms with E-state index in [-0.39, 0.29) is 0 Å². The molecule has 0 aromatic heterocycles. The predicted octanol–water partition coefficient (Wildman–Crippen LogP) is 3.39. The number of hydrogen-bond donors (Lipinski definition) is 2. The molecule has 0 aliphatic heterocycles. The first kappa shape index (κ1) is 16.2. The zero-order chi connectivity index (χ0) is 14.3. The van der Waals surface area contributed by atoms with Crippen LogP contribution in [0.2, 0.25) is 0 Å². The number of rotatable bonds is 8. The van der Waals surface area contributed by atoms with Crippen LogP contribution in [0.5, 0.6) is 0 Å². The quantitative estimate of drug-likeness (QED) is 0.753. The number of benzene rings is 1. The van der Waals surface area contributed by atoms with E-state index < -0.39 is 5.60 Å². The summed E-state index contributed by atoms with van der Waals surface area (Å²) in [5, 5.41) is 13.8. The molecule has 108 valence electrons.